The van der Waals surface area contributed by atoms with Crippen LogP contribution in [-0.4, -0.2) is 37.2 Å². The molecule has 0 saturated carbocycles. The van der Waals surface area contributed by atoms with E-state index in [0.717, 1.165) is 25.9 Å². The van der Waals surface area contributed by atoms with Crippen LogP contribution >= 0.6 is 0 Å². The Balaban J connectivity index is 1.69. The van der Waals surface area contributed by atoms with E-state index in [1.807, 2.05) is 6.07 Å². The van der Waals surface area contributed by atoms with Crippen LogP contribution in [0.25, 0.3) is 0 Å². The van der Waals surface area contributed by atoms with E-state index < -0.39 is 0 Å². The van der Waals surface area contributed by atoms with Crippen LogP contribution in [0, 0.1) is 0 Å². The second-order valence-corrected chi connectivity index (χ2v) is 5.60. The summed E-state index contributed by atoms with van der Waals surface area (Å²) in [6.45, 7) is 1.85. The fourth-order valence-corrected chi connectivity index (χ4v) is 3.41. The lowest BCUT2D eigenvalue weighted by molar-refractivity contribution is 0.165. The van der Waals surface area contributed by atoms with Gasteiger partial charge in [-0.2, -0.15) is 0 Å². The summed E-state index contributed by atoms with van der Waals surface area (Å²) < 4.78 is 4.66. The van der Waals surface area contributed by atoms with Crippen molar-refractivity contribution in [3.05, 3.63) is 35.4 Å². The predicted molar refractivity (Wildman–Crippen MR) is 76.2 cm³/mol. The van der Waals surface area contributed by atoms with E-state index in [9.17, 15) is 4.79 Å². The number of ether oxygens (including phenoxy) is 1. The molecule has 2 aliphatic rings. The van der Waals surface area contributed by atoms with Crippen LogP contribution in [0.2, 0.25) is 0 Å². The molecule has 20 heavy (non-hydrogen) atoms. The first-order chi connectivity index (χ1) is 9.69. The van der Waals surface area contributed by atoms with Crippen molar-refractivity contribution in [2.24, 2.45) is 5.73 Å². The molecule has 1 aromatic rings. The van der Waals surface area contributed by atoms with Crippen LogP contribution in [0.5, 0.6) is 0 Å². The molecule has 5 heteroatoms. The number of carbonyl (C=O) groups excluding carboxylic acids is 1. The van der Waals surface area contributed by atoms with E-state index in [1.165, 1.54) is 18.2 Å². The van der Waals surface area contributed by atoms with Gasteiger partial charge in [-0.05, 0) is 24.0 Å². The molecule has 3 N–H and O–H groups in total. The molecule has 1 heterocycles. The van der Waals surface area contributed by atoms with Gasteiger partial charge in [0.15, 0.2) is 0 Å². The third kappa shape index (κ3) is 2.39. The molecule has 0 radical (unpaired) electrons. The molecule has 0 bridgehead atoms. The van der Waals surface area contributed by atoms with Crippen LogP contribution in [0.4, 0.5) is 4.79 Å². The minimum Gasteiger partial charge on any atom is -0.453 e. The first kappa shape index (κ1) is 13.4. The van der Waals surface area contributed by atoms with Gasteiger partial charge in [0.2, 0.25) is 0 Å². The maximum atomic E-state index is 11.3. The van der Waals surface area contributed by atoms with Gasteiger partial charge >= 0.3 is 6.09 Å². The van der Waals surface area contributed by atoms with Crippen molar-refractivity contribution < 1.29 is 9.53 Å². The standard InChI is InChI=1S/C15H21N3O2/c1-20-15(19)17-10-6-7-18(9-10)14-8-13(16)11-4-2-3-5-12(11)14/h2-5,10,13-14H,6-9,16H2,1H3,(H,17,19). The van der Waals surface area contributed by atoms with E-state index in [4.69, 9.17) is 5.73 Å². The van der Waals surface area contributed by atoms with Crippen molar-refractivity contribution >= 4 is 6.09 Å². The van der Waals surface area contributed by atoms with Gasteiger partial charge in [0.1, 0.15) is 0 Å². The number of rotatable bonds is 2. The molecule has 0 aromatic heterocycles. The molecule has 0 spiro atoms. The number of nitrogens with zero attached hydrogens (tertiary/aromatic N) is 1. The van der Waals surface area contributed by atoms with Gasteiger partial charge < -0.3 is 15.8 Å². The van der Waals surface area contributed by atoms with E-state index in [2.05, 4.69) is 33.2 Å². The van der Waals surface area contributed by atoms with Gasteiger partial charge in [-0.15, -0.1) is 0 Å². The van der Waals surface area contributed by atoms with Crippen LogP contribution in [0.15, 0.2) is 24.3 Å². The summed E-state index contributed by atoms with van der Waals surface area (Å²) in [6.07, 6.45) is 1.58. The molecule has 1 fully saturated rings. The van der Waals surface area contributed by atoms with E-state index >= 15 is 0 Å². The number of methoxy groups -OCH3 is 1. The number of amides is 1. The molecule has 1 aliphatic carbocycles. The Hall–Kier alpha value is -1.59. The third-order valence-corrected chi connectivity index (χ3v) is 4.40. The van der Waals surface area contributed by atoms with Gasteiger partial charge in [0, 0.05) is 31.2 Å². The van der Waals surface area contributed by atoms with Crippen molar-refractivity contribution in [2.45, 2.75) is 31.0 Å². The lowest BCUT2D eigenvalue weighted by Crippen LogP contribution is -2.37. The summed E-state index contributed by atoms with van der Waals surface area (Å²) in [5.41, 5.74) is 8.84. The number of nitrogens with two attached hydrogens (primary N) is 1. The van der Waals surface area contributed by atoms with Gasteiger partial charge in [-0.3, -0.25) is 4.90 Å². The van der Waals surface area contributed by atoms with Crippen LogP contribution < -0.4 is 11.1 Å². The summed E-state index contributed by atoms with van der Waals surface area (Å²) in [5, 5.41) is 2.88. The lowest BCUT2D eigenvalue weighted by Gasteiger charge is -2.25. The maximum absolute atomic E-state index is 11.3. The Bertz CT molecular complexity index is 506. The summed E-state index contributed by atoms with van der Waals surface area (Å²) in [4.78, 5) is 13.7. The Morgan fingerprint density at radius 2 is 2.15 bits per heavy atom. The average molecular weight is 275 g/mol. The Kier molecular flexibility index (Phi) is 3.63. The number of fused-ring (bicyclic) bond motifs is 1. The van der Waals surface area contributed by atoms with Crippen molar-refractivity contribution in [3.63, 3.8) is 0 Å². The number of alkyl carbamates (subject to hydrolysis) is 1. The fraction of sp³-hybridized carbons (Fsp3) is 0.533. The van der Waals surface area contributed by atoms with E-state index in [0.29, 0.717) is 6.04 Å². The van der Waals surface area contributed by atoms with E-state index in [-0.39, 0.29) is 18.2 Å². The number of hydrogen-bond donors (Lipinski definition) is 2. The van der Waals surface area contributed by atoms with Crippen LogP contribution in [0.1, 0.15) is 36.1 Å². The summed E-state index contributed by atoms with van der Waals surface area (Å²) >= 11 is 0. The molecule has 1 saturated heterocycles. The smallest absolute Gasteiger partial charge is 0.407 e. The number of benzene rings is 1. The zero-order valence-electron chi connectivity index (χ0n) is 11.7. The lowest BCUT2D eigenvalue weighted by atomic mass is 10.1. The number of likely N-dealkylation sites (tertiary alicyclic amines) is 1. The normalized spacial score (nSPS) is 29.2. The molecule has 3 rings (SSSR count). The van der Waals surface area contributed by atoms with Gasteiger partial charge in [0.05, 0.1) is 7.11 Å². The van der Waals surface area contributed by atoms with Crippen molar-refractivity contribution in [1.82, 2.24) is 10.2 Å². The van der Waals surface area contributed by atoms with Crippen molar-refractivity contribution in [3.8, 4) is 0 Å². The molecule has 1 amide bonds. The van der Waals surface area contributed by atoms with Crippen LogP contribution in [-0.2, 0) is 4.74 Å². The summed E-state index contributed by atoms with van der Waals surface area (Å²) in [5.74, 6) is 0. The average Bonchev–Trinajstić information content (AvgIpc) is 3.04. The second-order valence-electron chi connectivity index (χ2n) is 5.60. The topological polar surface area (TPSA) is 67.6 Å². The second kappa shape index (κ2) is 5.42. The molecule has 1 aliphatic heterocycles. The molecular formula is C15H21N3O2. The summed E-state index contributed by atoms with van der Waals surface area (Å²) in [7, 11) is 1.40. The van der Waals surface area contributed by atoms with Gasteiger partial charge in [-0.1, -0.05) is 24.3 Å². The number of hydrogen-bond acceptors (Lipinski definition) is 4. The summed E-state index contributed by atoms with van der Waals surface area (Å²) in [6, 6.07) is 9.10. The molecule has 108 valence electrons. The highest BCUT2D eigenvalue weighted by Crippen LogP contribution is 2.41. The monoisotopic (exact) mass is 275 g/mol. The largest absolute Gasteiger partial charge is 0.453 e. The minimum absolute atomic E-state index is 0.129. The minimum atomic E-state index is -0.347. The van der Waals surface area contributed by atoms with Crippen LogP contribution in [0.3, 0.4) is 0 Å². The molecule has 5 nitrogen and oxygen atoms in total. The number of nitrogens with one attached hydrogen (secondary N) is 1. The molecule has 3 unspecified atom stereocenters. The third-order valence-electron chi connectivity index (χ3n) is 4.40. The first-order valence-electron chi connectivity index (χ1n) is 7.12. The fourth-order valence-electron chi connectivity index (χ4n) is 3.41. The zero-order chi connectivity index (χ0) is 14.1. The van der Waals surface area contributed by atoms with E-state index in [1.54, 1.807) is 0 Å². The molecule has 3 atom stereocenters. The number of carbonyl (C=O) groups is 1. The maximum Gasteiger partial charge on any atom is 0.407 e. The van der Waals surface area contributed by atoms with Crippen molar-refractivity contribution in [2.75, 3.05) is 20.2 Å². The highest BCUT2D eigenvalue weighted by Gasteiger charge is 2.36. The molecular weight excluding hydrogens is 254 g/mol. The molecule has 1 aromatic carbocycles. The van der Waals surface area contributed by atoms with Gasteiger partial charge in [-0.25, -0.2) is 4.79 Å². The first-order valence-corrected chi connectivity index (χ1v) is 7.12. The highest BCUT2D eigenvalue weighted by molar-refractivity contribution is 5.67. The van der Waals surface area contributed by atoms with Gasteiger partial charge in [0.25, 0.3) is 0 Å². The quantitative estimate of drug-likeness (QED) is 0.859. The Morgan fingerprint density at radius 1 is 1.40 bits per heavy atom. The van der Waals surface area contributed by atoms with Crippen molar-refractivity contribution in [1.29, 1.82) is 0 Å². The highest BCUT2D eigenvalue weighted by atomic mass is 16.5. The SMILES string of the molecule is COC(=O)NC1CCN(C2CC(N)c3ccccc32)C1. The zero-order valence-corrected chi connectivity index (χ0v) is 11.7. The predicted octanol–water partition coefficient (Wildman–Crippen LogP) is 1.56. The Labute approximate surface area is 119 Å². The Morgan fingerprint density at radius 3 is 2.90 bits per heavy atom.